The summed E-state index contributed by atoms with van der Waals surface area (Å²) in [5.74, 6) is 0.347. The standard InChI is InChI=1S/C22H24ClN5O3/c1-31-11-18(29)27-13-6-8-14(9-7-13)28-22-19-16(10-24-21(19)25-12-26-22)20(30)15-4-2-3-5-17(15)23/h2-5,10,12-14H,6-9,11H2,1H3,(H,27,29)(H2,24,25,26,28)/t13-,14+. The second-order valence-corrected chi connectivity index (χ2v) is 8.06. The van der Waals surface area contributed by atoms with Crippen molar-refractivity contribution in [3.63, 3.8) is 0 Å². The number of ketones is 1. The highest BCUT2D eigenvalue weighted by Crippen LogP contribution is 2.30. The summed E-state index contributed by atoms with van der Waals surface area (Å²) < 4.78 is 4.87. The highest BCUT2D eigenvalue weighted by molar-refractivity contribution is 6.35. The lowest BCUT2D eigenvalue weighted by Crippen LogP contribution is -2.41. The van der Waals surface area contributed by atoms with E-state index in [1.165, 1.54) is 13.4 Å². The number of anilines is 1. The van der Waals surface area contributed by atoms with Crippen molar-refractivity contribution in [2.75, 3.05) is 19.0 Å². The monoisotopic (exact) mass is 441 g/mol. The first-order chi connectivity index (χ1) is 15.1. The lowest BCUT2D eigenvalue weighted by molar-refractivity contribution is -0.125. The van der Waals surface area contributed by atoms with Gasteiger partial charge >= 0.3 is 0 Å². The number of benzene rings is 1. The Hall–Kier alpha value is -2.97. The van der Waals surface area contributed by atoms with Gasteiger partial charge in [-0.2, -0.15) is 0 Å². The molecule has 0 saturated heterocycles. The molecule has 3 N–H and O–H groups in total. The third kappa shape index (κ3) is 4.70. The van der Waals surface area contributed by atoms with E-state index >= 15 is 0 Å². The quantitative estimate of drug-likeness (QED) is 0.485. The lowest BCUT2D eigenvalue weighted by Gasteiger charge is -2.30. The molecular formula is C22H24ClN5O3. The topological polar surface area (TPSA) is 109 Å². The number of rotatable bonds is 7. The van der Waals surface area contributed by atoms with Crippen molar-refractivity contribution in [1.82, 2.24) is 20.3 Å². The molecule has 0 bridgehead atoms. The zero-order chi connectivity index (χ0) is 21.8. The summed E-state index contributed by atoms with van der Waals surface area (Å²) in [6.07, 6.45) is 6.60. The van der Waals surface area contributed by atoms with Gasteiger partial charge in [0.25, 0.3) is 0 Å². The Kier molecular flexibility index (Phi) is 6.48. The molecule has 1 aliphatic rings. The van der Waals surface area contributed by atoms with Crippen LogP contribution >= 0.6 is 11.6 Å². The average Bonchev–Trinajstić information content (AvgIpc) is 3.20. The zero-order valence-corrected chi connectivity index (χ0v) is 17.9. The lowest BCUT2D eigenvalue weighted by atomic mass is 9.91. The second kappa shape index (κ2) is 9.45. The highest BCUT2D eigenvalue weighted by Gasteiger charge is 2.25. The summed E-state index contributed by atoms with van der Waals surface area (Å²) in [4.78, 5) is 36.6. The Morgan fingerprint density at radius 1 is 1.13 bits per heavy atom. The molecule has 1 saturated carbocycles. The molecule has 1 fully saturated rings. The molecule has 31 heavy (non-hydrogen) atoms. The number of nitrogens with one attached hydrogen (secondary N) is 3. The molecule has 1 aliphatic carbocycles. The fourth-order valence-corrected chi connectivity index (χ4v) is 4.24. The predicted octanol–water partition coefficient (Wildman–Crippen LogP) is 3.33. The van der Waals surface area contributed by atoms with Crippen molar-refractivity contribution in [3.05, 3.63) is 52.9 Å². The number of methoxy groups -OCH3 is 1. The fourth-order valence-electron chi connectivity index (χ4n) is 4.02. The molecule has 0 aliphatic heterocycles. The van der Waals surface area contributed by atoms with Gasteiger partial charge in [0.05, 0.1) is 16.0 Å². The number of ether oxygens (including phenoxy) is 1. The summed E-state index contributed by atoms with van der Waals surface area (Å²) in [6, 6.07) is 7.32. The van der Waals surface area contributed by atoms with E-state index in [4.69, 9.17) is 16.3 Å². The van der Waals surface area contributed by atoms with Crippen LogP contribution in [0.3, 0.4) is 0 Å². The van der Waals surface area contributed by atoms with Crippen LogP contribution in [0.4, 0.5) is 5.82 Å². The van der Waals surface area contributed by atoms with Gasteiger partial charge in [-0.05, 0) is 37.8 Å². The van der Waals surface area contributed by atoms with Crippen LogP contribution in [0.1, 0.15) is 41.6 Å². The van der Waals surface area contributed by atoms with E-state index in [1.807, 2.05) is 0 Å². The van der Waals surface area contributed by atoms with Crippen molar-refractivity contribution in [3.8, 4) is 0 Å². The molecule has 2 aromatic heterocycles. The van der Waals surface area contributed by atoms with Gasteiger partial charge in [0.2, 0.25) is 5.91 Å². The van der Waals surface area contributed by atoms with Crippen LogP contribution in [0, 0.1) is 0 Å². The molecular weight excluding hydrogens is 418 g/mol. The molecule has 3 aromatic rings. The number of H-pyrrole nitrogens is 1. The van der Waals surface area contributed by atoms with Crippen LogP contribution in [0.5, 0.6) is 0 Å². The predicted molar refractivity (Wildman–Crippen MR) is 118 cm³/mol. The summed E-state index contributed by atoms with van der Waals surface area (Å²) in [6.45, 7) is 0.0762. The van der Waals surface area contributed by atoms with Gasteiger partial charge < -0.3 is 20.4 Å². The van der Waals surface area contributed by atoms with Crippen molar-refractivity contribution in [1.29, 1.82) is 0 Å². The van der Waals surface area contributed by atoms with Crippen LogP contribution in [0.2, 0.25) is 5.02 Å². The maximum Gasteiger partial charge on any atom is 0.246 e. The van der Waals surface area contributed by atoms with Crippen LogP contribution in [-0.4, -0.2) is 52.4 Å². The van der Waals surface area contributed by atoms with Gasteiger partial charge in [-0.3, -0.25) is 9.59 Å². The maximum absolute atomic E-state index is 13.1. The van der Waals surface area contributed by atoms with Crippen molar-refractivity contribution in [2.24, 2.45) is 0 Å². The van der Waals surface area contributed by atoms with Crippen LogP contribution in [0.25, 0.3) is 11.0 Å². The van der Waals surface area contributed by atoms with Gasteiger partial charge in [-0.1, -0.05) is 23.7 Å². The van der Waals surface area contributed by atoms with Crippen molar-refractivity contribution in [2.45, 2.75) is 37.8 Å². The van der Waals surface area contributed by atoms with Crippen molar-refractivity contribution >= 4 is 40.1 Å². The smallest absolute Gasteiger partial charge is 0.246 e. The number of aromatic amines is 1. The first kappa shape index (κ1) is 21.3. The van der Waals surface area contributed by atoms with Crippen molar-refractivity contribution < 1.29 is 14.3 Å². The van der Waals surface area contributed by atoms with Crippen LogP contribution in [0.15, 0.2) is 36.8 Å². The Bertz CT molecular complexity index is 1090. The first-order valence-electron chi connectivity index (χ1n) is 10.2. The number of halogens is 1. The van der Waals surface area contributed by atoms with Gasteiger partial charge in [0.15, 0.2) is 5.78 Å². The molecule has 162 valence electrons. The molecule has 4 rings (SSSR count). The minimum Gasteiger partial charge on any atom is -0.375 e. The second-order valence-electron chi connectivity index (χ2n) is 7.65. The third-order valence-corrected chi connectivity index (χ3v) is 5.87. The molecule has 1 aromatic carbocycles. The number of hydrogen-bond donors (Lipinski definition) is 3. The Morgan fingerprint density at radius 2 is 1.87 bits per heavy atom. The largest absolute Gasteiger partial charge is 0.375 e. The molecule has 0 spiro atoms. The minimum absolute atomic E-state index is 0.0762. The summed E-state index contributed by atoms with van der Waals surface area (Å²) >= 11 is 6.24. The van der Waals surface area contributed by atoms with E-state index in [1.54, 1.807) is 30.5 Å². The van der Waals surface area contributed by atoms with Crippen LogP contribution in [-0.2, 0) is 9.53 Å². The first-order valence-corrected chi connectivity index (χ1v) is 10.6. The van der Waals surface area contributed by atoms with E-state index in [9.17, 15) is 9.59 Å². The fraction of sp³-hybridized carbons (Fsp3) is 0.364. The van der Waals surface area contributed by atoms with E-state index < -0.39 is 0 Å². The number of amides is 1. The zero-order valence-electron chi connectivity index (χ0n) is 17.2. The van der Waals surface area contributed by atoms with Gasteiger partial charge in [0.1, 0.15) is 24.4 Å². The third-order valence-electron chi connectivity index (χ3n) is 5.54. The normalized spacial score (nSPS) is 18.6. The van der Waals surface area contributed by atoms with Gasteiger partial charge in [-0.25, -0.2) is 9.97 Å². The van der Waals surface area contributed by atoms with Gasteiger partial charge in [-0.15, -0.1) is 0 Å². The molecule has 0 radical (unpaired) electrons. The Labute approximate surface area is 184 Å². The number of carbonyl (C=O) groups is 2. The SMILES string of the molecule is COCC(=O)N[C@H]1CC[C@@H](Nc2ncnc3[nH]cc(C(=O)c4ccccc4Cl)c23)CC1. The van der Waals surface area contributed by atoms with E-state index in [2.05, 4.69) is 25.6 Å². The molecule has 9 heteroatoms. The molecule has 0 atom stereocenters. The maximum atomic E-state index is 13.1. The molecule has 2 heterocycles. The van der Waals surface area contributed by atoms with E-state index in [-0.39, 0.29) is 30.4 Å². The number of carbonyl (C=O) groups excluding carboxylic acids is 2. The van der Waals surface area contributed by atoms with E-state index in [0.29, 0.717) is 33.0 Å². The number of nitrogens with zero attached hydrogens (tertiary/aromatic N) is 2. The highest BCUT2D eigenvalue weighted by atomic mass is 35.5. The minimum atomic E-state index is -0.181. The number of aromatic nitrogens is 3. The van der Waals surface area contributed by atoms with Gasteiger partial charge in [0, 0.05) is 31.0 Å². The number of fused-ring (bicyclic) bond motifs is 1. The molecule has 0 unspecified atom stereocenters. The van der Waals surface area contributed by atoms with E-state index in [0.717, 1.165) is 25.7 Å². The molecule has 1 amide bonds. The summed E-state index contributed by atoms with van der Waals surface area (Å²) in [5, 5.41) is 7.53. The average molecular weight is 442 g/mol. The Balaban J connectivity index is 1.51. The summed E-state index contributed by atoms with van der Waals surface area (Å²) in [5.41, 5.74) is 1.51. The van der Waals surface area contributed by atoms with Crippen LogP contribution < -0.4 is 10.6 Å². The number of hydrogen-bond acceptors (Lipinski definition) is 6. The summed E-state index contributed by atoms with van der Waals surface area (Å²) in [7, 11) is 1.51. The Morgan fingerprint density at radius 3 is 2.61 bits per heavy atom. The molecule has 8 nitrogen and oxygen atoms in total.